The van der Waals surface area contributed by atoms with E-state index in [4.69, 9.17) is 4.74 Å². The molecule has 0 amide bonds. The minimum absolute atomic E-state index is 0.0976. The van der Waals surface area contributed by atoms with Gasteiger partial charge in [-0.15, -0.1) is 0 Å². The first-order valence-electron chi connectivity index (χ1n) is 7.46. The van der Waals surface area contributed by atoms with Gasteiger partial charge in [-0.25, -0.2) is 4.68 Å². The Balaban J connectivity index is 1.64. The molecule has 3 rings (SSSR count). The van der Waals surface area contributed by atoms with Gasteiger partial charge >= 0.3 is 0 Å². The number of aliphatic hydroxyl groups excluding tert-OH is 1. The molecule has 0 aliphatic rings. The van der Waals surface area contributed by atoms with Gasteiger partial charge in [-0.1, -0.05) is 30.3 Å². The molecule has 0 fully saturated rings. The van der Waals surface area contributed by atoms with Crippen molar-refractivity contribution in [2.75, 3.05) is 6.61 Å². The lowest BCUT2D eigenvalue weighted by Gasteiger charge is -2.13. The van der Waals surface area contributed by atoms with Crippen molar-refractivity contribution in [1.29, 1.82) is 0 Å². The average molecular weight is 310 g/mol. The number of hydrogen-bond acceptors (Lipinski definition) is 4. The summed E-state index contributed by atoms with van der Waals surface area (Å²) in [6.45, 7) is 2.00. The number of aliphatic hydroxyl groups is 1. The number of aryl methyl sites for hydroxylation is 1. The third kappa shape index (κ3) is 3.76. The lowest BCUT2D eigenvalue weighted by atomic mass is 10.1. The second-order valence-corrected chi connectivity index (χ2v) is 5.47. The first-order valence-corrected chi connectivity index (χ1v) is 7.46. The Kier molecular flexibility index (Phi) is 4.39. The molecule has 5 heteroatoms. The molecule has 5 nitrogen and oxygen atoms in total. The Labute approximate surface area is 133 Å². The van der Waals surface area contributed by atoms with Crippen molar-refractivity contribution in [1.82, 2.24) is 9.78 Å². The maximum absolute atomic E-state index is 11.7. The van der Waals surface area contributed by atoms with Crippen molar-refractivity contribution in [3.63, 3.8) is 0 Å². The van der Waals surface area contributed by atoms with Crippen LogP contribution in [0.3, 0.4) is 0 Å². The van der Waals surface area contributed by atoms with Gasteiger partial charge in [-0.2, -0.15) is 5.10 Å². The second-order valence-electron chi connectivity index (χ2n) is 5.47. The monoisotopic (exact) mass is 310 g/mol. The van der Waals surface area contributed by atoms with Gasteiger partial charge in [-0.05, 0) is 35.9 Å². The smallest absolute Gasteiger partial charge is 0.266 e. The van der Waals surface area contributed by atoms with E-state index in [9.17, 15) is 9.90 Å². The van der Waals surface area contributed by atoms with Crippen molar-refractivity contribution in [3.8, 4) is 5.75 Å². The van der Waals surface area contributed by atoms with Crippen LogP contribution >= 0.6 is 0 Å². The lowest BCUT2D eigenvalue weighted by Crippen LogP contribution is -2.31. The highest BCUT2D eigenvalue weighted by Crippen LogP contribution is 2.20. The minimum Gasteiger partial charge on any atom is -0.491 e. The van der Waals surface area contributed by atoms with Gasteiger partial charge in [0, 0.05) is 6.07 Å². The zero-order chi connectivity index (χ0) is 16.2. The molecule has 0 spiro atoms. The van der Waals surface area contributed by atoms with Crippen LogP contribution in [0.4, 0.5) is 0 Å². The van der Waals surface area contributed by atoms with Gasteiger partial charge in [0.15, 0.2) is 0 Å². The molecule has 0 radical (unpaired) electrons. The van der Waals surface area contributed by atoms with E-state index in [-0.39, 0.29) is 18.7 Å². The molecule has 1 unspecified atom stereocenters. The molecule has 0 aliphatic heterocycles. The largest absolute Gasteiger partial charge is 0.491 e. The highest BCUT2D eigenvalue weighted by molar-refractivity contribution is 5.83. The van der Waals surface area contributed by atoms with E-state index in [0.29, 0.717) is 5.75 Å². The summed E-state index contributed by atoms with van der Waals surface area (Å²) in [5.74, 6) is 0.687. The van der Waals surface area contributed by atoms with Crippen LogP contribution in [0.1, 0.15) is 5.69 Å². The summed E-state index contributed by atoms with van der Waals surface area (Å²) in [5, 5.41) is 16.4. The van der Waals surface area contributed by atoms with E-state index < -0.39 is 6.10 Å². The molecular weight excluding hydrogens is 292 g/mol. The number of nitrogens with zero attached hydrogens (tertiary/aromatic N) is 2. The molecule has 0 saturated carbocycles. The van der Waals surface area contributed by atoms with Crippen molar-refractivity contribution in [2.45, 2.75) is 19.6 Å². The highest BCUT2D eigenvalue weighted by Gasteiger charge is 2.09. The summed E-state index contributed by atoms with van der Waals surface area (Å²) in [7, 11) is 0. The molecule has 1 heterocycles. The molecule has 3 aromatic rings. The quantitative estimate of drug-likeness (QED) is 0.784. The topological polar surface area (TPSA) is 64.4 Å². The number of hydrogen-bond donors (Lipinski definition) is 1. The van der Waals surface area contributed by atoms with Crippen LogP contribution in [-0.2, 0) is 6.54 Å². The zero-order valence-corrected chi connectivity index (χ0v) is 12.8. The highest BCUT2D eigenvalue weighted by atomic mass is 16.5. The summed E-state index contributed by atoms with van der Waals surface area (Å²) < 4.78 is 6.88. The number of rotatable bonds is 5. The third-order valence-electron chi connectivity index (χ3n) is 3.55. The van der Waals surface area contributed by atoms with Crippen LogP contribution in [0.2, 0.25) is 0 Å². The summed E-state index contributed by atoms with van der Waals surface area (Å²) in [6, 6.07) is 16.9. The van der Waals surface area contributed by atoms with Gasteiger partial charge < -0.3 is 9.84 Å². The molecule has 0 saturated heterocycles. The van der Waals surface area contributed by atoms with Crippen molar-refractivity contribution < 1.29 is 9.84 Å². The molecule has 1 N–H and O–H groups in total. The van der Waals surface area contributed by atoms with E-state index in [1.54, 1.807) is 13.0 Å². The Morgan fingerprint density at radius 3 is 2.74 bits per heavy atom. The fourth-order valence-corrected chi connectivity index (χ4v) is 2.38. The molecule has 2 aromatic carbocycles. The average Bonchev–Trinajstić information content (AvgIpc) is 2.56. The van der Waals surface area contributed by atoms with Gasteiger partial charge in [0.05, 0.1) is 12.2 Å². The van der Waals surface area contributed by atoms with Crippen molar-refractivity contribution in [2.24, 2.45) is 0 Å². The van der Waals surface area contributed by atoms with E-state index >= 15 is 0 Å². The maximum Gasteiger partial charge on any atom is 0.266 e. The van der Waals surface area contributed by atoms with Crippen LogP contribution in [0, 0.1) is 6.92 Å². The zero-order valence-electron chi connectivity index (χ0n) is 12.8. The van der Waals surface area contributed by atoms with E-state index in [2.05, 4.69) is 5.10 Å². The second kappa shape index (κ2) is 6.62. The molecule has 23 heavy (non-hydrogen) atoms. The maximum atomic E-state index is 11.7. The van der Waals surface area contributed by atoms with E-state index in [1.807, 2.05) is 42.5 Å². The predicted octanol–water partition coefficient (Wildman–Crippen LogP) is 2.14. The van der Waals surface area contributed by atoms with Gasteiger partial charge in [0.2, 0.25) is 0 Å². The molecule has 1 atom stereocenters. The van der Waals surface area contributed by atoms with E-state index in [1.165, 1.54) is 10.7 Å². The first-order chi connectivity index (χ1) is 11.1. The first kappa shape index (κ1) is 15.2. The van der Waals surface area contributed by atoms with Gasteiger partial charge in [0.1, 0.15) is 18.5 Å². The Morgan fingerprint density at radius 2 is 1.91 bits per heavy atom. The molecular formula is C18H18N2O3. The Morgan fingerprint density at radius 1 is 1.13 bits per heavy atom. The summed E-state index contributed by atoms with van der Waals surface area (Å²) in [5.41, 5.74) is 0.493. The lowest BCUT2D eigenvalue weighted by molar-refractivity contribution is 0.0879. The molecule has 0 bridgehead atoms. The van der Waals surface area contributed by atoms with Crippen LogP contribution in [0.25, 0.3) is 10.8 Å². The molecule has 118 valence electrons. The molecule has 0 aliphatic carbocycles. The summed E-state index contributed by atoms with van der Waals surface area (Å²) in [6.07, 6.45) is -0.812. The van der Waals surface area contributed by atoms with Crippen LogP contribution in [-0.4, -0.2) is 27.6 Å². The number of aromatic nitrogens is 2. The van der Waals surface area contributed by atoms with Gasteiger partial charge in [0.25, 0.3) is 5.56 Å². The van der Waals surface area contributed by atoms with Crippen LogP contribution in [0.15, 0.2) is 59.4 Å². The number of fused-ring (bicyclic) bond motifs is 1. The minimum atomic E-state index is -0.812. The standard InChI is InChI=1S/C18H18N2O3/c1-13-6-9-18(22)20(19-13)11-16(21)12-23-17-8-7-14-4-2-3-5-15(14)10-17/h2-10,16,21H,11-12H2,1H3. The third-order valence-corrected chi connectivity index (χ3v) is 3.55. The summed E-state index contributed by atoms with van der Waals surface area (Å²) >= 11 is 0. The fraction of sp³-hybridized carbons (Fsp3) is 0.222. The van der Waals surface area contributed by atoms with Crippen LogP contribution < -0.4 is 10.3 Å². The summed E-state index contributed by atoms with van der Waals surface area (Å²) in [4.78, 5) is 11.7. The van der Waals surface area contributed by atoms with Crippen molar-refractivity contribution >= 4 is 10.8 Å². The Hall–Kier alpha value is -2.66. The number of benzene rings is 2. The van der Waals surface area contributed by atoms with Crippen LogP contribution in [0.5, 0.6) is 5.75 Å². The van der Waals surface area contributed by atoms with Gasteiger partial charge in [-0.3, -0.25) is 4.79 Å². The van der Waals surface area contributed by atoms with Crippen molar-refractivity contribution in [3.05, 3.63) is 70.6 Å². The van der Waals surface area contributed by atoms with E-state index in [0.717, 1.165) is 16.5 Å². The molecule has 1 aromatic heterocycles. The predicted molar refractivity (Wildman–Crippen MR) is 88.7 cm³/mol. The SMILES string of the molecule is Cc1ccc(=O)n(CC(O)COc2ccc3ccccc3c2)n1. The fourth-order valence-electron chi connectivity index (χ4n) is 2.38. The number of ether oxygens (including phenoxy) is 1. The normalized spacial score (nSPS) is 12.3. The Bertz CT molecular complexity index is 873.